The van der Waals surface area contributed by atoms with Crippen LogP contribution in [0.5, 0.6) is 0 Å². The van der Waals surface area contributed by atoms with E-state index in [0.717, 1.165) is 167 Å². The molecule has 12 heteroatoms. The molecule has 0 saturated carbocycles. The van der Waals surface area contributed by atoms with E-state index in [4.69, 9.17) is 23.3 Å². The molecule has 0 heterocycles. The maximum atomic E-state index is 13.0. The number of allylic oxidation sites excluding steroid dienone is 20. The molecule has 3 atom stereocenters. The third-order valence-electron chi connectivity index (χ3n) is 13.8. The molecule has 3 unspecified atom stereocenters. The lowest BCUT2D eigenvalue weighted by Crippen LogP contribution is -2.30. The summed E-state index contributed by atoms with van der Waals surface area (Å²) in [5.74, 6) is -1.51. The summed E-state index contributed by atoms with van der Waals surface area (Å²) < 4.78 is 39.7. The molecule has 84 heavy (non-hydrogen) atoms. The van der Waals surface area contributed by atoms with Crippen molar-refractivity contribution in [3.8, 4) is 0 Å². The lowest BCUT2D eigenvalue weighted by molar-refractivity contribution is -0.161. The molecular weight excluding hydrogens is 1070 g/mol. The summed E-state index contributed by atoms with van der Waals surface area (Å²) in [6.07, 6.45) is 81.3. The predicted octanol–water partition coefficient (Wildman–Crippen LogP) is 20.7. The monoisotopic (exact) mass is 1190 g/mol. The Bertz CT molecular complexity index is 1870. The van der Waals surface area contributed by atoms with Crippen molar-refractivity contribution in [1.29, 1.82) is 0 Å². The summed E-state index contributed by atoms with van der Waals surface area (Å²) >= 11 is 0. The quantitative estimate of drug-likeness (QED) is 0.0197. The van der Waals surface area contributed by atoms with Crippen LogP contribution in [0.25, 0.3) is 0 Å². The Balaban J connectivity index is 4.77. The van der Waals surface area contributed by atoms with Crippen molar-refractivity contribution in [2.45, 2.75) is 290 Å². The lowest BCUT2D eigenvalue weighted by atomic mass is 10.1. The van der Waals surface area contributed by atoms with E-state index in [1.807, 2.05) is 0 Å². The molecule has 0 aliphatic carbocycles. The van der Waals surface area contributed by atoms with Crippen molar-refractivity contribution < 1.29 is 52.2 Å². The van der Waals surface area contributed by atoms with Crippen molar-refractivity contribution in [2.24, 2.45) is 0 Å². The van der Waals surface area contributed by atoms with Gasteiger partial charge in [-0.2, -0.15) is 0 Å². The van der Waals surface area contributed by atoms with E-state index in [0.29, 0.717) is 19.3 Å². The predicted molar refractivity (Wildman–Crippen MR) is 353 cm³/mol. The maximum absolute atomic E-state index is 13.0. The van der Waals surface area contributed by atoms with Crippen LogP contribution in [0, 0.1) is 0 Å². The van der Waals surface area contributed by atoms with Gasteiger partial charge in [-0.05, 0) is 135 Å². The van der Waals surface area contributed by atoms with Crippen molar-refractivity contribution in [1.82, 2.24) is 0 Å². The number of aliphatic hydroxyl groups is 1. The summed E-state index contributed by atoms with van der Waals surface area (Å²) in [7, 11) is -4.78. The van der Waals surface area contributed by atoms with Gasteiger partial charge in [0.05, 0.1) is 19.8 Å². The zero-order chi connectivity index (χ0) is 61.2. The lowest BCUT2D eigenvalue weighted by Gasteiger charge is -2.21. The van der Waals surface area contributed by atoms with E-state index in [1.54, 1.807) is 0 Å². The Labute approximate surface area is 513 Å². The number of hydrogen-bond donors (Lipinski definition) is 2. The van der Waals surface area contributed by atoms with Crippen LogP contribution in [0.3, 0.4) is 0 Å². The van der Waals surface area contributed by atoms with E-state index >= 15 is 0 Å². The first-order valence-electron chi connectivity index (χ1n) is 33.4. The van der Waals surface area contributed by atoms with Gasteiger partial charge in [0.1, 0.15) is 12.7 Å². The van der Waals surface area contributed by atoms with Gasteiger partial charge in [0.2, 0.25) is 0 Å². The Morgan fingerprint density at radius 1 is 0.345 bits per heavy atom. The molecule has 0 rings (SSSR count). The molecular formula is C72H121O11P. The number of ether oxygens (including phenoxy) is 3. The minimum Gasteiger partial charge on any atom is -0.462 e. The Kier molecular flexibility index (Phi) is 61.7. The van der Waals surface area contributed by atoms with Crippen LogP contribution < -0.4 is 0 Å². The number of unbranched alkanes of at least 4 members (excludes halogenated alkanes) is 24. The van der Waals surface area contributed by atoms with Crippen LogP contribution in [0.1, 0.15) is 278 Å². The summed E-state index contributed by atoms with van der Waals surface area (Å²) in [5, 5.41) is 9.87. The average Bonchev–Trinajstić information content (AvgIpc) is 3.53. The summed E-state index contributed by atoms with van der Waals surface area (Å²) in [5.41, 5.74) is 0. The summed E-state index contributed by atoms with van der Waals surface area (Å²) in [6.45, 7) is 4.45. The van der Waals surface area contributed by atoms with Gasteiger partial charge in [-0.3, -0.25) is 23.4 Å². The van der Waals surface area contributed by atoms with Gasteiger partial charge >= 0.3 is 25.7 Å². The number of phosphoric ester groups is 1. The van der Waals surface area contributed by atoms with E-state index in [9.17, 15) is 28.9 Å². The Hall–Kier alpha value is -4.12. The van der Waals surface area contributed by atoms with Gasteiger partial charge < -0.3 is 24.2 Å². The second-order valence-electron chi connectivity index (χ2n) is 21.9. The fraction of sp³-hybridized carbons (Fsp3) is 0.681. The Morgan fingerprint density at radius 2 is 0.619 bits per heavy atom. The van der Waals surface area contributed by atoms with Crippen LogP contribution in [0.2, 0.25) is 0 Å². The van der Waals surface area contributed by atoms with Crippen LogP contribution in [-0.4, -0.2) is 66.5 Å². The number of carbonyl (C=O) groups excluding carboxylic acids is 3. The summed E-state index contributed by atoms with van der Waals surface area (Å²) in [4.78, 5) is 48.9. The number of rotatable bonds is 61. The first-order chi connectivity index (χ1) is 41.2. The zero-order valence-corrected chi connectivity index (χ0v) is 54.2. The normalized spacial score (nSPS) is 14.0. The molecule has 0 aromatic carbocycles. The molecule has 0 fully saturated rings. The maximum Gasteiger partial charge on any atom is 0.472 e. The molecule has 11 nitrogen and oxygen atoms in total. The molecule has 0 aliphatic heterocycles. The molecule has 0 amide bonds. The number of hydrogen-bond acceptors (Lipinski definition) is 10. The largest absolute Gasteiger partial charge is 0.472 e. The number of aliphatic hydroxyl groups excluding tert-OH is 1. The average molecular weight is 1190 g/mol. The van der Waals surface area contributed by atoms with E-state index in [1.165, 1.54) is 51.4 Å². The first kappa shape index (κ1) is 79.9. The fourth-order valence-corrected chi connectivity index (χ4v) is 9.56. The van der Waals surface area contributed by atoms with Gasteiger partial charge in [0, 0.05) is 19.3 Å². The highest BCUT2D eigenvalue weighted by Crippen LogP contribution is 2.43. The van der Waals surface area contributed by atoms with Gasteiger partial charge in [0.25, 0.3) is 0 Å². The highest BCUT2D eigenvalue weighted by molar-refractivity contribution is 7.47. The van der Waals surface area contributed by atoms with E-state index in [-0.39, 0.29) is 25.9 Å². The van der Waals surface area contributed by atoms with Crippen LogP contribution in [0.15, 0.2) is 122 Å². The Morgan fingerprint density at radius 3 is 0.952 bits per heavy atom. The van der Waals surface area contributed by atoms with Crippen LogP contribution in [0.4, 0.5) is 0 Å². The molecule has 0 aromatic rings. The van der Waals surface area contributed by atoms with Gasteiger partial charge in [0.15, 0.2) is 6.10 Å². The van der Waals surface area contributed by atoms with Gasteiger partial charge in [-0.1, -0.05) is 245 Å². The molecule has 0 spiro atoms. The molecule has 2 N–H and O–H groups in total. The van der Waals surface area contributed by atoms with Crippen molar-refractivity contribution >= 4 is 25.7 Å². The fourth-order valence-electron chi connectivity index (χ4n) is 8.77. The van der Waals surface area contributed by atoms with E-state index < -0.39 is 57.8 Å². The zero-order valence-electron chi connectivity index (χ0n) is 53.3. The molecule has 0 aliphatic rings. The van der Waals surface area contributed by atoms with E-state index in [2.05, 4.69) is 142 Å². The third-order valence-corrected chi connectivity index (χ3v) is 14.8. The molecule has 0 aromatic heterocycles. The highest BCUT2D eigenvalue weighted by Gasteiger charge is 2.28. The molecule has 0 saturated heterocycles. The SMILES string of the molecule is CC/C=C\C/C=C\C/C=C\C/C=C\CCCCCCCCC(=O)OC(COC(=O)CCCCCCCC/C=C\C/C=C\C/C=C\CCCCC)COP(=O)(O)OCC(CO)OC(=O)CCCCCCCC/C=C\C/C=C\C/C=C\CCCCC. The minimum absolute atomic E-state index is 0.141. The standard InChI is InChI=1S/C72H121O11P/c1-4-7-10-13-16-19-22-25-28-31-34-37-40-43-46-49-52-55-58-61-70(74)79-65-69(83-72(76)63-60-57-54-51-48-45-42-39-36-33-30-27-24-21-18-15-12-9-6-3)67-81-84(77,78)80-66-68(64-73)82-71(75)62-59-56-53-50-47-44-41-38-35-32-29-26-23-20-17-14-11-8-5-2/h9,12,16-21,25-30,34-39,68-69,73H,4-8,10-11,13-15,22-24,31-33,40-67H2,1-3H3,(H,77,78)/b12-9-,19-16-,20-17-,21-18-,28-25-,29-26-,30-27-,37-34-,38-35-,39-36-. The smallest absolute Gasteiger partial charge is 0.462 e. The number of esters is 3. The van der Waals surface area contributed by atoms with Crippen molar-refractivity contribution in [2.75, 3.05) is 26.4 Å². The number of phosphoric acid groups is 1. The van der Waals surface area contributed by atoms with Crippen molar-refractivity contribution in [3.05, 3.63) is 122 Å². The first-order valence-corrected chi connectivity index (χ1v) is 34.9. The van der Waals surface area contributed by atoms with Gasteiger partial charge in [-0.15, -0.1) is 0 Å². The second kappa shape index (κ2) is 64.9. The third kappa shape index (κ3) is 62.4. The minimum atomic E-state index is -4.78. The molecule has 0 radical (unpaired) electrons. The van der Waals surface area contributed by atoms with Crippen molar-refractivity contribution in [3.63, 3.8) is 0 Å². The van der Waals surface area contributed by atoms with Crippen LogP contribution in [-0.2, 0) is 42.2 Å². The second-order valence-corrected chi connectivity index (χ2v) is 23.3. The van der Waals surface area contributed by atoms with Gasteiger partial charge in [-0.25, -0.2) is 4.57 Å². The number of carbonyl (C=O) groups is 3. The highest BCUT2D eigenvalue weighted by atomic mass is 31.2. The topological polar surface area (TPSA) is 155 Å². The van der Waals surface area contributed by atoms with Crippen LogP contribution >= 0.6 is 7.82 Å². The molecule has 0 bridgehead atoms. The molecule has 480 valence electrons. The summed E-state index contributed by atoms with van der Waals surface area (Å²) in [6, 6.07) is 0.